The molecule has 38 heavy (non-hydrogen) atoms. The molecular weight excluding hydrogens is 492 g/mol. The maximum Gasteiger partial charge on any atom is 0.343 e. The molecule has 4 rings (SSSR count). The molecule has 1 heterocycles. The van der Waals surface area contributed by atoms with Crippen molar-refractivity contribution in [1.29, 1.82) is 0 Å². The fourth-order valence-corrected chi connectivity index (χ4v) is 3.49. The van der Waals surface area contributed by atoms with E-state index in [1.54, 1.807) is 26.0 Å². The second-order valence-corrected chi connectivity index (χ2v) is 7.86. The molecule has 11 heteroatoms. The van der Waals surface area contributed by atoms with Crippen molar-refractivity contribution < 1.29 is 28.5 Å². The number of rotatable bonds is 9. The molecule has 0 fully saturated rings. The highest BCUT2D eigenvalue weighted by Gasteiger charge is 2.21. The molecule has 0 aliphatic carbocycles. The van der Waals surface area contributed by atoms with E-state index < -0.39 is 16.8 Å². The number of nitrogens with one attached hydrogen (secondary N) is 1. The Morgan fingerprint density at radius 3 is 2.50 bits per heavy atom. The van der Waals surface area contributed by atoms with E-state index in [9.17, 15) is 19.7 Å². The highest BCUT2D eigenvalue weighted by atomic mass is 16.6. The molecule has 0 atom stereocenters. The molecule has 11 nitrogen and oxygen atoms in total. The molecule has 0 spiro atoms. The van der Waals surface area contributed by atoms with Crippen molar-refractivity contribution in [3.05, 3.63) is 105 Å². The van der Waals surface area contributed by atoms with Crippen LogP contribution in [0.1, 0.15) is 39.0 Å². The van der Waals surface area contributed by atoms with Crippen LogP contribution < -0.4 is 14.9 Å². The molecule has 1 amide bonds. The van der Waals surface area contributed by atoms with Crippen LogP contribution in [0.4, 0.5) is 5.69 Å². The highest BCUT2D eigenvalue weighted by molar-refractivity contribution is 6.01. The van der Waals surface area contributed by atoms with Gasteiger partial charge in [0.1, 0.15) is 17.0 Å². The lowest BCUT2D eigenvalue weighted by atomic mass is 10.1. The summed E-state index contributed by atoms with van der Waals surface area (Å²) >= 11 is 0. The number of aromatic nitrogens is 1. The van der Waals surface area contributed by atoms with Gasteiger partial charge < -0.3 is 14.0 Å². The van der Waals surface area contributed by atoms with Crippen LogP contribution in [0.5, 0.6) is 11.5 Å². The number of carbonyl (C=O) groups excluding carboxylic acids is 2. The van der Waals surface area contributed by atoms with Gasteiger partial charge in [0, 0.05) is 17.7 Å². The zero-order chi connectivity index (χ0) is 27.1. The summed E-state index contributed by atoms with van der Waals surface area (Å²) in [5, 5.41) is 18.8. The van der Waals surface area contributed by atoms with Crippen molar-refractivity contribution in [1.82, 2.24) is 10.6 Å². The van der Waals surface area contributed by atoms with Gasteiger partial charge in [-0.15, -0.1) is 0 Å². The van der Waals surface area contributed by atoms with Gasteiger partial charge in [-0.05, 0) is 49.7 Å². The van der Waals surface area contributed by atoms with Gasteiger partial charge in [0.15, 0.2) is 11.5 Å². The number of hydrogen-bond acceptors (Lipinski definition) is 9. The van der Waals surface area contributed by atoms with Crippen molar-refractivity contribution in [2.24, 2.45) is 5.10 Å². The number of benzene rings is 3. The summed E-state index contributed by atoms with van der Waals surface area (Å²) in [5.74, 6) is -0.400. The van der Waals surface area contributed by atoms with Crippen LogP contribution >= 0.6 is 0 Å². The Morgan fingerprint density at radius 1 is 1.08 bits per heavy atom. The number of ether oxygens (including phenoxy) is 2. The van der Waals surface area contributed by atoms with E-state index in [2.05, 4.69) is 15.7 Å². The summed E-state index contributed by atoms with van der Waals surface area (Å²) in [7, 11) is 0. The number of amides is 1. The molecule has 1 N–H and O–H groups in total. The van der Waals surface area contributed by atoms with Crippen LogP contribution in [0.15, 0.2) is 82.4 Å². The number of non-ortho nitro benzene ring substituents is 1. The molecular formula is C27H22N4O7. The van der Waals surface area contributed by atoms with Crippen molar-refractivity contribution >= 4 is 23.8 Å². The normalized spacial score (nSPS) is 10.8. The monoisotopic (exact) mass is 514 g/mol. The van der Waals surface area contributed by atoms with E-state index in [-0.39, 0.29) is 28.3 Å². The Balaban J connectivity index is 1.47. The average molecular weight is 514 g/mol. The fraction of sp³-hybridized carbons (Fsp3) is 0.111. The van der Waals surface area contributed by atoms with E-state index in [1.807, 2.05) is 30.3 Å². The Labute approximate surface area is 216 Å². The number of carbonyl (C=O) groups is 2. The molecule has 0 radical (unpaired) electrons. The number of esters is 1. The summed E-state index contributed by atoms with van der Waals surface area (Å²) in [6.07, 6.45) is 1.41. The highest BCUT2D eigenvalue weighted by Crippen LogP contribution is 2.29. The third-order valence-electron chi connectivity index (χ3n) is 5.30. The second kappa shape index (κ2) is 11.6. The Kier molecular flexibility index (Phi) is 7.87. The third-order valence-corrected chi connectivity index (χ3v) is 5.30. The van der Waals surface area contributed by atoms with Gasteiger partial charge in [-0.25, -0.2) is 10.2 Å². The molecule has 0 saturated carbocycles. The van der Waals surface area contributed by atoms with E-state index in [0.29, 0.717) is 23.6 Å². The summed E-state index contributed by atoms with van der Waals surface area (Å²) < 4.78 is 16.3. The minimum Gasteiger partial charge on any atom is -0.490 e. The lowest BCUT2D eigenvalue weighted by Gasteiger charge is -2.11. The summed E-state index contributed by atoms with van der Waals surface area (Å²) in [6.45, 7) is 3.71. The van der Waals surface area contributed by atoms with Gasteiger partial charge in [0.05, 0.1) is 23.3 Å². The summed E-state index contributed by atoms with van der Waals surface area (Å²) in [6, 6.07) is 19.0. The molecule has 3 aromatic carbocycles. The molecule has 1 aromatic heterocycles. The number of hydrazone groups is 1. The minimum absolute atomic E-state index is 0.136. The van der Waals surface area contributed by atoms with Crippen molar-refractivity contribution in [2.75, 3.05) is 6.61 Å². The van der Waals surface area contributed by atoms with Gasteiger partial charge in [-0.3, -0.25) is 14.9 Å². The molecule has 0 unspecified atom stereocenters. The Morgan fingerprint density at radius 2 is 1.82 bits per heavy atom. The van der Waals surface area contributed by atoms with Gasteiger partial charge in [-0.2, -0.15) is 5.10 Å². The smallest absolute Gasteiger partial charge is 0.343 e. The van der Waals surface area contributed by atoms with Crippen molar-refractivity contribution in [3.8, 4) is 22.8 Å². The lowest BCUT2D eigenvalue weighted by molar-refractivity contribution is -0.384. The molecule has 0 saturated heterocycles. The van der Waals surface area contributed by atoms with Gasteiger partial charge in [0.2, 0.25) is 0 Å². The zero-order valence-electron chi connectivity index (χ0n) is 20.4. The van der Waals surface area contributed by atoms with Crippen LogP contribution in [0, 0.1) is 17.0 Å². The van der Waals surface area contributed by atoms with Crippen LogP contribution in [0.25, 0.3) is 11.3 Å². The lowest BCUT2D eigenvalue weighted by Crippen LogP contribution is -2.18. The van der Waals surface area contributed by atoms with Gasteiger partial charge in [-0.1, -0.05) is 35.5 Å². The Bertz CT molecular complexity index is 1500. The quantitative estimate of drug-likeness (QED) is 0.109. The minimum atomic E-state index is -0.701. The Hall–Kier alpha value is -5.32. The predicted molar refractivity (Wildman–Crippen MR) is 137 cm³/mol. The summed E-state index contributed by atoms with van der Waals surface area (Å²) in [4.78, 5) is 35.6. The van der Waals surface area contributed by atoms with Crippen molar-refractivity contribution in [3.63, 3.8) is 0 Å². The van der Waals surface area contributed by atoms with Gasteiger partial charge >= 0.3 is 5.97 Å². The van der Waals surface area contributed by atoms with Crippen LogP contribution in [-0.4, -0.2) is 34.8 Å². The average Bonchev–Trinajstić information content (AvgIpc) is 3.32. The number of nitro groups is 1. The first-order valence-electron chi connectivity index (χ1n) is 11.5. The van der Waals surface area contributed by atoms with E-state index in [4.69, 9.17) is 14.0 Å². The fourth-order valence-electron chi connectivity index (χ4n) is 3.49. The molecule has 0 bridgehead atoms. The second-order valence-electron chi connectivity index (χ2n) is 7.86. The first-order chi connectivity index (χ1) is 18.4. The number of nitro benzene ring substituents is 1. The van der Waals surface area contributed by atoms with Crippen LogP contribution in [-0.2, 0) is 0 Å². The topological polar surface area (TPSA) is 146 Å². The van der Waals surface area contributed by atoms with E-state index in [1.165, 1.54) is 36.5 Å². The predicted octanol–water partition coefficient (Wildman–Crippen LogP) is 4.94. The SMILES string of the molecule is CCOc1cc(/C=N/NC(=O)c2c(-c3ccccc3)noc2C)ccc1OC(=O)c1ccc([N+](=O)[O-])cc1. The number of hydrogen-bond donors (Lipinski definition) is 1. The standard InChI is InChI=1S/C27H22N4O7/c1-3-36-23-15-18(9-14-22(23)37-27(33)20-10-12-21(13-11-20)31(34)35)16-28-29-26(32)24-17(2)38-30-25(24)19-7-5-4-6-8-19/h4-16H,3H2,1-2H3,(H,29,32)/b28-16+. The van der Waals surface area contributed by atoms with Crippen LogP contribution in [0.3, 0.4) is 0 Å². The molecule has 192 valence electrons. The number of aryl methyl sites for hydroxylation is 1. The van der Waals surface area contributed by atoms with Crippen molar-refractivity contribution in [2.45, 2.75) is 13.8 Å². The molecule has 0 aliphatic heterocycles. The first kappa shape index (κ1) is 25.8. The zero-order valence-corrected chi connectivity index (χ0v) is 20.4. The van der Waals surface area contributed by atoms with Crippen LogP contribution in [0.2, 0.25) is 0 Å². The largest absolute Gasteiger partial charge is 0.490 e. The molecule has 4 aromatic rings. The molecule has 0 aliphatic rings. The first-order valence-corrected chi connectivity index (χ1v) is 11.5. The third kappa shape index (κ3) is 5.90. The van der Waals surface area contributed by atoms with Gasteiger partial charge in [0.25, 0.3) is 11.6 Å². The van der Waals surface area contributed by atoms with E-state index in [0.717, 1.165) is 5.56 Å². The van der Waals surface area contributed by atoms with E-state index >= 15 is 0 Å². The summed E-state index contributed by atoms with van der Waals surface area (Å²) in [5.41, 5.74) is 4.47. The maximum atomic E-state index is 12.8. The maximum absolute atomic E-state index is 12.8. The number of nitrogens with zero attached hydrogens (tertiary/aromatic N) is 3.